The molecule has 0 spiro atoms. The van der Waals surface area contributed by atoms with Crippen molar-refractivity contribution in [1.82, 2.24) is 4.57 Å². The summed E-state index contributed by atoms with van der Waals surface area (Å²) in [5.74, 6) is 0. The molecule has 0 aliphatic heterocycles. The Hall–Kier alpha value is -7.42. The van der Waals surface area contributed by atoms with Gasteiger partial charge in [0.1, 0.15) is 11.2 Å². The van der Waals surface area contributed by atoms with Crippen molar-refractivity contribution in [2.24, 2.45) is 0 Å². The SMILES string of the molecule is c1ccc(C(c2ccccc2)(c2ccccc2)c2cccc(-c3cccc(-c4ccc5oc6ccc(-n7c8ccccc8c8ccccc87)cc6c5c4)c3)c2)cc1. The monoisotopic (exact) mass is 727 g/mol. The molecule has 2 nitrogen and oxygen atoms in total. The van der Waals surface area contributed by atoms with Crippen molar-refractivity contribution in [3.8, 4) is 27.9 Å². The van der Waals surface area contributed by atoms with Gasteiger partial charge in [0.25, 0.3) is 0 Å². The fourth-order valence-electron chi connectivity index (χ4n) is 9.16. The first kappa shape index (κ1) is 33.0. The van der Waals surface area contributed by atoms with E-state index in [9.17, 15) is 0 Å². The lowest BCUT2D eigenvalue weighted by Gasteiger charge is -2.37. The molecular weight excluding hydrogens is 691 g/mol. The Balaban J connectivity index is 1.03. The predicted molar refractivity (Wildman–Crippen MR) is 237 cm³/mol. The normalized spacial score (nSPS) is 11.9. The van der Waals surface area contributed by atoms with Crippen LogP contribution in [0.3, 0.4) is 0 Å². The predicted octanol–water partition coefficient (Wildman–Crippen LogP) is 14.4. The molecule has 0 unspecified atom stereocenters. The molecule has 2 heteroatoms. The second kappa shape index (κ2) is 13.4. The zero-order valence-electron chi connectivity index (χ0n) is 31.2. The van der Waals surface area contributed by atoms with E-state index in [0.717, 1.165) is 38.8 Å². The van der Waals surface area contributed by atoms with Gasteiger partial charge in [0.15, 0.2) is 0 Å². The molecule has 0 radical (unpaired) electrons. The number of nitrogens with zero attached hydrogens (tertiary/aromatic N) is 1. The van der Waals surface area contributed by atoms with Crippen LogP contribution in [0.1, 0.15) is 22.3 Å². The van der Waals surface area contributed by atoms with Crippen LogP contribution in [-0.4, -0.2) is 4.57 Å². The molecule has 0 N–H and O–H groups in total. The highest BCUT2D eigenvalue weighted by atomic mass is 16.3. The van der Waals surface area contributed by atoms with Crippen LogP contribution in [0, 0.1) is 0 Å². The molecule has 0 aliphatic carbocycles. The van der Waals surface area contributed by atoms with E-state index in [4.69, 9.17) is 4.42 Å². The maximum Gasteiger partial charge on any atom is 0.135 e. The van der Waals surface area contributed by atoms with E-state index in [0.29, 0.717) is 0 Å². The maximum absolute atomic E-state index is 6.43. The molecule has 0 saturated heterocycles. The maximum atomic E-state index is 6.43. The van der Waals surface area contributed by atoms with E-state index in [1.165, 1.54) is 55.2 Å². The Labute approximate surface area is 331 Å². The highest BCUT2D eigenvalue weighted by molar-refractivity contribution is 6.11. The molecule has 0 bridgehead atoms. The van der Waals surface area contributed by atoms with E-state index in [1.807, 2.05) is 0 Å². The van der Waals surface area contributed by atoms with E-state index < -0.39 is 5.41 Å². The van der Waals surface area contributed by atoms with Gasteiger partial charge in [-0.25, -0.2) is 0 Å². The topological polar surface area (TPSA) is 18.1 Å². The number of fused-ring (bicyclic) bond motifs is 6. The average Bonchev–Trinajstić information content (AvgIpc) is 3.83. The molecule has 0 amide bonds. The number of hydrogen-bond acceptors (Lipinski definition) is 1. The Morgan fingerprint density at radius 2 is 0.737 bits per heavy atom. The number of benzene rings is 9. The zero-order chi connectivity index (χ0) is 37.8. The highest BCUT2D eigenvalue weighted by Crippen LogP contribution is 2.46. The Kier molecular flexibility index (Phi) is 7.75. The summed E-state index contributed by atoms with van der Waals surface area (Å²) in [6, 6.07) is 81.2. The van der Waals surface area contributed by atoms with Crippen LogP contribution in [0.5, 0.6) is 0 Å². The van der Waals surface area contributed by atoms with Crippen molar-refractivity contribution in [3.05, 3.63) is 247 Å². The van der Waals surface area contributed by atoms with Crippen LogP contribution >= 0.6 is 0 Å². The van der Waals surface area contributed by atoms with E-state index >= 15 is 0 Å². The van der Waals surface area contributed by atoms with E-state index in [1.54, 1.807) is 0 Å². The van der Waals surface area contributed by atoms with Crippen molar-refractivity contribution in [2.45, 2.75) is 5.41 Å². The summed E-state index contributed by atoms with van der Waals surface area (Å²) < 4.78 is 8.80. The van der Waals surface area contributed by atoms with Gasteiger partial charge in [0.2, 0.25) is 0 Å². The van der Waals surface area contributed by atoms with E-state index in [2.05, 4.69) is 229 Å². The molecular formula is C55H37NO. The Morgan fingerprint density at radius 1 is 0.298 bits per heavy atom. The third kappa shape index (κ3) is 5.33. The van der Waals surface area contributed by atoms with Crippen molar-refractivity contribution < 1.29 is 4.42 Å². The third-order valence-electron chi connectivity index (χ3n) is 11.7. The number of para-hydroxylation sites is 2. The summed E-state index contributed by atoms with van der Waals surface area (Å²) >= 11 is 0. The van der Waals surface area contributed by atoms with Crippen molar-refractivity contribution in [2.75, 3.05) is 0 Å². The minimum atomic E-state index is -0.511. The first-order chi connectivity index (χ1) is 28.3. The molecule has 268 valence electrons. The number of hydrogen-bond donors (Lipinski definition) is 0. The van der Waals surface area contributed by atoms with Gasteiger partial charge in [-0.3, -0.25) is 0 Å². The lowest BCUT2D eigenvalue weighted by atomic mass is 9.65. The summed E-state index contributed by atoms with van der Waals surface area (Å²) in [6.07, 6.45) is 0. The zero-order valence-corrected chi connectivity index (χ0v) is 31.2. The summed E-state index contributed by atoms with van der Waals surface area (Å²) in [7, 11) is 0. The quantitative estimate of drug-likeness (QED) is 0.150. The number of rotatable bonds is 7. The summed E-state index contributed by atoms with van der Waals surface area (Å²) in [6.45, 7) is 0. The molecule has 0 saturated carbocycles. The molecule has 11 rings (SSSR count). The van der Waals surface area contributed by atoms with Crippen LogP contribution in [0.25, 0.3) is 71.7 Å². The van der Waals surface area contributed by atoms with E-state index in [-0.39, 0.29) is 0 Å². The van der Waals surface area contributed by atoms with Gasteiger partial charge in [0, 0.05) is 27.2 Å². The second-order valence-corrected chi connectivity index (χ2v) is 14.9. The molecule has 0 aliphatic rings. The van der Waals surface area contributed by atoms with Crippen molar-refractivity contribution in [3.63, 3.8) is 0 Å². The summed E-state index contributed by atoms with van der Waals surface area (Å²) in [5, 5.41) is 4.72. The fourth-order valence-corrected chi connectivity index (χ4v) is 9.16. The first-order valence-electron chi connectivity index (χ1n) is 19.6. The Bertz CT molecular complexity index is 3080. The molecule has 2 heterocycles. The van der Waals surface area contributed by atoms with Crippen molar-refractivity contribution >= 4 is 43.7 Å². The smallest absolute Gasteiger partial charge is 0.135 e. The fraction of sp³-hybridized carbons (Fsp3) is 0.0182. The molecule has 57 heavy (non-hydrogen) atoms. The lowest BCUT2D eigenvalue weighted by molar-refractivity contribution is 0.669. The molecule has 2 aromatic heterocycles. The number of aromatic nitrogens is 1. The van der Waals surface area contributed by atoms with Crippen LogP contribution in [0.2, 0.25) is 0 Å². The van der Waals surface area contributed by atoms with Gasteiger partial charge in [-0.05, 0) is 99.1 Å². The lowest BCUT2D eigenvalue weighted by Crippen LogP contribution is -2.31. The standard InChI is InChI=1S/C55H37NO/c1-4-19-42(20-5-1)55(43-21-6-2-7-22-43,44-23-8-3-9-24-44)45-25-15-18-40(35-45)38-16-14-17-39(34-38)41-30-32-53-49(36-41)50-37-46(31-33-54(50)57-53)56-51-28-12-10-26-47(51)48-27-11-13-29-52(48)56/h1-37H. The largest absolute Gasteiger partial charge is 0.456 e. The molecule has 9 aromatic carbocycles. The number of furan rings is 1. The average molecular weight is 728 g/mol. The highest BCUT2D eigenvalue weighted by Gasteiger charge is 2.38. The minimum Gasteiger partial charge on any atom is -0.456 e. The van der Waals surface area contributed by atoms with Crippen LogP contribution in [0.4, 0.5) is 0 Å². The summed E-state index contributed by atoms with van der Waals surface area (Å²) in [5.41, 5.74) is 14.3. The molecule has 11 aromatic rings. The molecule has 0 atom stereocenters. The third-order valence-corrected chi connectivity index (χ3v) is 11.7. The second-order valence-electron chi connectivity index (χ2n) is 14.9. The van der Waals surface area contributed by atoms with Crippen LogP contribution in [0.15, 0.2) is 229 Å². The Morgan fingerprint density at radius 3 is 1.32 bits per heavy atom. The summed E-state index contributed by atoms with van der Waals surface area (Å²) in [4.78, 5) is 0. The van der Waals surface area contributed by atoms with Crippen LogP contribution < -0.4 is 0 Å². The van der Waals surface area contributed by atoms with Gasteiger partial charge < -0.3 is 8.98 Å². The molecule has 0 fully saturated rings. The minimum absolute atomic E-state index is 0.511. The van der Waals surface area contributed by atoms with Gasteiger partial charge >= 0.3 is 0 Å². The first-order valence-corrected chi connectivity index (χ1v) is 19.6. The van der Waals surface area contributed by atoms with Crippen LogP contribution in [-0.2, 0) is 5.41 Å². The van der Waals surface area contributed by atoms with Gasteiger partial charge in [-0.15, -0.1) is 0 Å². The van der Waals surface area contributed by atoms with Gasteiger partial charge in [0.05, 0.1) is 16.4 Å². The van der Waals surface area contributed by atoms with Gasteiger partial charge in [-0.2, -0.15) is 0 Å². The van der Waals surface area contributed by atoms with Gasteiger partial charge in [-0.1, -0.05) is 170 Å². The van der Waals surface area contributed by atoms with Crippen molar-refractivity contribution in [1.29, 1.82) is 0 Å².